The monoisotopic (exact) mass is 396 g/mol. The van der Waals surface area contributed by atoms with Gasteiger partial charge in [-0.25, -0.2) is 4.79 Å². The molecule has 0 saturated carbocycles. The van der Waals surface area contributed by atoms with Gasteiger partial charge in [0.25, 0.3) is 0 Å². The van der Waals surface area contributed by atoms with Crippen LogP contribution in [0.3, 0.4) is 0 Å². The molecule has 1 amide bonds. The third-order valence-electron chi connectivity index (χ3n) is 3.96. The molecule has 0 bridgehead atoms. The second-order valence-electron chi connectivity index (χ2n) is 5.52. The molecule has 0 aliphatic heterocycles. The van der Waals surface area contributed by atoms with Gasteiger partial charge < -0.3 is 14.6 Å². The van der Waals surface area contributed by atoms with E-state index in [1.165, 1.54) is 30.2 Å². The van der Waals surface area contributed by atoms with Crippen LogP contribution in [0, 0.1) is 6.92 Å². The van der Waals surface area contributed by atoms with Crippen molar-refractivity contribution in [2.24, 2.45) is 0 Å². The van der Waals surface area contributed by atoms with Crippen LogP contribution < -0.4 is 5.32 Å². The molecule has 0 aliphatic rings. The molecular formula is C17H24N4O3S2. The largest absolute Gasteiger partial charge is 0.465 e. The van der Waals surface area contributed by atoms with Crippen molar-refractivity contribution >= 4 is 40.0 Å². The fourth-order valence-corrected chi connectivity index (χ4v) is 4.68. The molecule has 0 fully saturated rings. The van der Waals surface area contributed by atoms with Crippen LogP contribution in [0.25, 0.3) is 0 Å². The lowest BCUT2D eigenvalue weighted by Gasteiger charge is -2.08. The molecule has 0 aromatic carbocycles. The van der Waals surface area contributed by atoms with Crippen LogP contribution in [0.4, 0.5) is 5.00 Å². The number of hydrogen-bond acceptors (Lipinski definition) is 7. The molecule has 2 rings (SSSR count). The SMILES string of the molecule is CCc1c(C)sc(NC(=O)CSc2nnc(CC)n2CC)c1C(=O)OC. The van der Waals surface area contributed by atoms with Gasteiger partial charge in [0.2, 0.25) is 5.91 Å². The molecule has 7 nitrogen and oxygen atoms in total. The van der Waals surface area contributed by atoms with Gasteiger partial charge in [0.1, 0.15) is 10.8 Å². The average Bonchev–Trinajstić information content (AvgIpc) is 3.18. The van der Waals surface area contributed by atoms with E-state index in [0.717, 1.165) is 34.4 Å². The zero-order valence-corrected chi connectivity index (χ0v) is 17.3. The molecule has 0 atom stereocenters. The first-order chi connectivity index (χ1) is 12.5. The van der Waals surface area contributed by atoms with Gasteiger partial charge in [0.15, 0.2) is 5.16 Å². The summed E-state index contributed by atoms with van der Waals surface area (Å²) in [6, 6.07) is 0. The molecule has 1 N–H and O–H groups in total. The second-order valence-corrected chi connectivity index (χ2v) is 7.69. The van der Waals surface area contributed by atoms with E-state index < -0.39 is 5.97 Å². The topological polar surface area (TPSA) is 86.1 Å². The van der Waals surface area contributed by atoms with Crippen LogP contribution in [0.15, 0.2) is 5.16 Å². The lowest BCUT2D eigenvalue weighted by Crippen LogP contribution is -2.16. The van der Waals surface area contributed by atoms with Gasteiger partial charge in [-0.2, -0.15) is 0 Å². The van der Waals surface area contributed by atoms with Gasteiger partial charge in [0.05, 0.1) is 18.4 Å². The summed E-state index contributed by atoms with van der Waals surface area (Å²) in [6.45, 7) is 8.73. The first-order valence-corrected chi connectivity index (χ1v) is 10.3. The smallest absolute Gasteiger partial charge is 0.341 e. The first kappa shape index (κ1) is 20.4. The third-order valence-corrected chi connectivity index (χ3v) is 5.99. The quantitative estimate of drug-likeness (QED) is 0.544. The lowest BCUT2D eigenvalue weighted by atomic mass is 10.1. The number of carbonyl (C=O) groups is 2. The number of aryl methyl sites for hydroxylation is 2. The average molecular weight is 397 g/mol. The molecule has 2 heterocycles. The van der Waals surface area contributed by atoms with Crippen molar-refractivity contribution < 1.29 is 14.3 Å². The van der Waals surface area contributed by atoms with Gasteiger partial charge in [-0.3, -0.25) is 4.79 Å². The molecule has 0 unspecified atom stereocenters. The van der Waals surface area contributed by atoms with E-state index in [0.29, 0.717) is 17.0 Å². The zero-order valence-electron chi connectivity index (χ0n) is 15.7. The molecule has 0 spiro atoms. The highest BCUT2D eigenvalue weighted by Gasteiger charge is 2.23. The molecule has 142 valence electrons. The molecule has 0 saturated heterocycles. The number of nitrogens with one attached hydrogen (secondary N) is 1. The van der Waals surface area contributed by atoms with Crippen LogP contribution >= 0.6 is 23.1 Å². The Balaban J connectivity index is 2.11. The fourth-order valence-electron chi connectivity index (χ4n) is 2.71. The Morgan fingerprint density at radius 1 is 1.23 bits per heavy atom. The summed E-state index contributed by atoms with van der Waals surface area (Å²) in [5.41, 5.74) is 1.38. The minimum Gasteiger partial charge on any atom is -0.465 e. The Morgan fingerprint density at radius 3 is 2.54 bits per heavy atom. The van der Waals surface area contributed by atoms with Crippen LogP contribution in [-0.4, -0.2) is 39.5 Å². The molecule has 0 radical (unpaired) electrons. The Bertz CT molecular complexity index is 798. The van der Waals surface area contributed by atoms with E-state index in [1.807, 2.05) is 32.3 Å². The molecule has 9 heteroatoms. The highest BCUT2D eigenvalue weighted by molar-refractivity contribution is 7.99. The highest BCUT2D eigenvalue weighted by atomic mass is 32.2. The standard InChI is InChI=1S/C17H24N4O3S2/c1-6-11-10(4)26-15(14(11)16(23)24-5)18-13(22)9-25-17-20-19-12(7-2)21(17)8-3/h6-9H2,1-5H3,(H,18,22). The summed E-state index contributed by atoms with van der Waals surface area (Å²) in [7, 11) is 1.35. The van der Waals surface area contributed by atoms with Crippen LogP contribution in [0.2, 0.25) is 0 Å². The van der Waals surface area contributed by atoms with Crippen LogP contribution in [-0.2, 0) is 28.9 Å². The van der Waals surface area contributed by atoms with E-state index in [2.05, 4.69) is 15.5 Å². The van der Waals surface area contributed by atoms with E-state index in [-0.39, 0.29) is 11.7 Å². The predicted octanol–water partition coefficient (Wildman–Crippen LogP) is 3.31. The zero-order chi connectivity index (χ0) is 19.3. The van der Waals surface area contributed by atoms with Crippen molar-refractivity contribution in [3.63, 3.8) is 0 Å². The van der Waals surface area contributed by atoms with Crippen molar-refractivity contribution in [1.29, 1.82) is 0 Å². The Morgan fingerprint density at radius 2 is 1.96 bits per heavy atom. The van der Waals surface area contributed by atoms with E-state index >= 15 is 0 Å². The normalized spacial score (nSPS) is 10.8. The van der Waals surface area contributed by atoms with Crippen molar-refractivity contribution in [3.8, 4) is 0 Å². The van der Waals surface area contributed by atoms with Crippen LogP contribution in [0.5, 0.6) is 0 Å². The number of methoxy groups -OCH3 is 1. The number of nitrogens with zero attached hydrogens (tertiary/aromatic N) is 3. The Labute approximate surface area is 161 Å². The summed E-state index contributed by atoms with van der Waals surface area (Å²) in [5, 5.41) is 12.4. The van der Waals surface area contributed by atoms with Crippen molar-refractivity contribution in [2.45, 2.75) is 52.2 Å². The van der Waals surface area contributed by atoms with E-state index in [1.54, 1.807) is 0 Å². The molecule has 2 aromatic heterocycles. The number of thiophene rings is 1. The van der Waals surface area contributed by atoms with Gasteiger partial charge in [0, 0.05) is 17.8 Å². The number of carbonyl (C=O) groups excluding carboxylic acids is 2. The minimum atomic E-state index is -0.424. The second kappa shape index (κ2) is 9.18. The van der Waals surface area contributed by atoms with Crippen LogP contribution in [0.1, 0.15) is 47.4 Å². The summed E-state index contributed by atoms with van der Waals surface area (Å²) in [5.74, 6) is 0.492. The lowest BCUT2D eigenvalue weighted by molar-refractivity contribution is -0.113. The van der Waals surface area contributed by atoms with Crippen molar-refractivity contribution in [3.05, 3.63) is 21.8 Å². The van der Waals surface area contributed by atoms with Crippen molar-refractivity contribution in [2.75, 3.05) is 18.2 Å². The molecule has 26 heavy (non-hydrogen) atoms. The number of aromatic nitrogens is 3. The molecule has 2 aromatic rings. The number of thioether (sulfide) groups is 1. The van der Waals surface area contributed by atoms with Gasteiger partial charge in [-0.15, -0.1) is 21.5 Å². The maximum atomic E-state index is 12.4. The third kappa shape index (κ3) is 4.27. The summed E-state index contributed by atoms with van der Waals surface area (Å²) >= 11 is 2.74. The number of esters is 1. The number of amides is 1. The molecule has 0 aliphatic carbocycles. The first-order valence-electron chi connectivity index (χ1n) is 8.51. The van der Waals surface area contributed by atoms with Gasteiger partial charge in [-0.05, 0) is 25.8 Å². The number of hydrogen-bond donors (Lipinski definition) is 1. The van der Waals surface area contributed by atoms with Gasteiger partial charge >= 0.3 is 5.97 Å². The Hall–Kier alpha value is -1.87. The molecular weight excluding hydrogens is 372 g/mol. The van der Waals surface area contributed by atoms with E-state index in [4.69, 9.17) is 4.74 Å². The van der Waals surface area contributed by atoms with E-state index in [9.17, 15) is 9.59 Å². The predicted molar refractivity (Wildman–Crippen MR) is 104 cm³/mol. The van der Waals surface area contributed by atoms with Gasteiger partial charge in [-0.1, -0.05) is 25.6 Å². The Kier molecular flexibility index (Phi) is 7.22. The maximum Gasteiger partial charge on any atom is 0.341 e. The number of rotatable bonds is 8. The summed E-state index contributed by atoms with van der Waals surface area (Å²) < 4.78 is 6.88. The summed E-state index contributed by atoms with van der Waals surface area (Å²) in [6.07, 6.45) is 1.50. The highest BCUT2D eigenvalue weighted by Crippen LogP contribution is 2.34. The summed E-state index contributed by atoms with van der Waals surface area (Å²) in [4.78, 5) is 25.5. The fraction of sp³-hybridized carbons (Fsp3) is 0.529. The maximum absolute atomic E-state index is 12.4. The number of anilines is 1. The van der Waals surface area contributed by atoms with Crippen molar-refractivity contribution in [1.82, 2.24) is 14.8 Å². The minimum absolute atomic E-state index is 0.187. The number of ether oxygens (including phenoxy) is 1.